The largest absolute Gasteiger partial charge is 0.399 e. The average molecular weight is 444 g/mol. The van der Waals surface area contributed by atoms with Crippen LogP contribution in [0.15, 0.2) is 5.38 Å². The van der Waals surface area contributed by atoms with Gasteiger partial charge in [-0.05, 0) is 24.6 Å². The van der Waals surface area contributed by atoms with Crippen LogP contribution in [0.25, 0.3) is 0 Å². The molecule has 0 saturated carbocycles. The summed E-state index contributed by atoms with van der Waals surface area (Å²) in [5, 5.41) is 3.27. The van der Waals surface area contributed by atoms with Crippen molar-refractivity contribution in [3.05, 3.63) is 11.1 Å². The van der Waals surface area contributed by atoms with E-state index in [-0.39, 0.29) is 16.1 Å². The first kappa shape index (κ1) is 23.4. The summed E-state index contributed by atoms with van der Waals surface area (Å²) in [5.41, 5.74) is 0.481. The second kappa shape index (κ2) is 9.28. The lowest BCUT2D eigenvalue weighted by Crippen LogP contribution is -2.49. The minimum absolute atomic E-state index is 0.0711. The highest BCUT2D eigenvalue weighted by molar-refractivity contribution is 8.14. The Balaban J connectivity index is 1.98. The Morgan fingerprint density at radius 2 is 2.04 bits per heavy atom. The van der Waals surface area contributed by atoms with Crippen molar-refractivity contribution in [1.82, 2.24) is 9.88 Å². The smallest absolute Gasteiger partial charge is 0.275 e. The Bertz CT molecular complexity index is 697. The molecule has 0 aromatic carbocycles. The van der Waals surface area contributed by atoms with Crippen molar-refractivity contribution in [2.45, 2.75) is 64.4 Å². The highest BCUT2D eigenvalue weighted by Crippen LogP contribution is 2.36. The van der Waals surface area contributed by atoms with E-state index in [0.29, 0.717) is 24.2 Å². The van der Waals surface area contributed by atoms with Gasteiger partial charge in [-0.2, -0.15) is 0 Å². The van der Waals surface area contributed by atoms with Crippen LogP contribution in [-0.2, 0) is 9.22 Å². The van der Waals surface area contributed by atoms with Crippen molar-refractivity contribution < 1.29 is 14.0 Å². The van der Waals surface area contributed by atoms with E-state index in [0.717, 1.165) is 24.6 Å². The topological polar surface area (TPSA) is 62.7 Å². The number of hydrogen-bond acceptors (Lipinski definition) is 7. The zero-order chi connectivity index (χ0) is 21.1. The first-order valence-electron chi connectivity index (χ1n) is 9.75. The summed E-state index contributed by atoms with van der Waals surface area (Å²) >= 11 is 2.87. The summed E-state index contributed by atoms with van der Waals surface area (Å²) in [6.07, 6.45) is 0.875. The van der Waals surface area contributed by atoms with E-state index in [1.165, 1.54) is 23.1 Å². The van der Waals surface area contributed by atoms with Crippen LogP contribution in [0.1, 0.15) is 51.5 Å². The quantitative estimate of drug-likeness (QED) is 0.437. The fraction of sp³-hybridized carbons (Fsp3) is 0.737. The number of rotatable bonds is 8. The van der Waals surface area contributed by atoms with E-state index < -0.39 is 8.32 Å². The van der Waals surface area contributed by atoms with Crippen LogP contribution < -0.4 is 4.90 Å². The SMILES string of the molecule is CCCN(CO[Si](C)(C)C(C)(C)C)C(=O)c1csc(N2CC(SC(C)=O)C2)n1. The molecule has 1 aliphatic rings. The number of aromatic nitrogens is 1. The maximum atomic E-state index is 13.0. The molecule has 28 heavy (non-hydrogen) atoms. The maximum absolute atomic E-state index is 13.0. The van der Waals surface area contributed by atoms with Gasteiger partial charge < -0.3 is 14.2 Å². The zero-order valence-corrected chi connectivity index (χ0v) is 20.7. The molecule has 1 amide bonds. The van der Waals surface area contributed by atoms with Crippen LogP contribution in [-0.4, -0.2) is 60.8 Å². The van der Waals surface area contributed by atoms with Crippen molar-refractivity contribution in [2.24, 2.45) is 0 Å². The van der Waals surface area contributed by atoms with Gasteiger partial charge in [-0.1, -0.05) is 39.5 Å². The van der Waals surface area contributed by atoms with E-state index in [1.54, 1.807) is 11.8 Å². The summed E-state index contributed by atoms with van der Waals surface area (Å²) in [4.78, 5) is 32.6. The fourth-order valence-electron chi connectivity index (χ4n) is 2.52. The maximum Gasteiger partial charge on any atom is 0.275 e. The van der Waals surface area contributed by atoms with Crippen LogP contribution in [0, 0.1) is 0 Å². The molecule has 0 bridgehead atoms. The van der Waals surface area contributed by atoms with Gasteiger partial charge in [0.05, 0.1) is 0 Å². The van der Waals surface area contributed by atoms with E-state index in [9.17, 15) is 9.59 Å². The Morgan fingerprint density at radius 1 is 1.39 bits per heavy atom. The molecule has 9 heteroatoms. The van der Waals surface area contributed by atoms with Crippen molar-refractivity contribution in [1.29, 1.82) is 0 Å². The minimum Gasteiger partial charge on any atom is -0.399 e. The van der Waals surface area contributed by atoms with Crippen molar-refractivity contribution >= 4 is 47.6 Å². The van der Waals surface area contributed by atoms with Gasteiger partial charge in [0.1, 0.15) is 12.4 Å². The molecule has 1 aliphatic heterocycles. The van der Waals surface area contributed by atoms with Crippen LogP contribution >= 0.6 is 23.1 Å². The van der Waals surface area contributed by atoms with E-state index >= 15 is 0 Å². The van der Waals surface area contributed by atoms with Gasteiger partial charge in [0.25, 0.3) is 5.91 Å². The number of hydrogen-bond donors (Lipinski definition) is 0. The predicted octanol–water partition coefficient (Wildman–Crippen LogP) is 4.44. The number of carbonyl (C=O) groups excluding carboxylic acids is 2. The average Bonchev–Trinajstić information content (AvgIpc) is 3.02. The molecule has 0 spiro atoms. The van der Waals surface area contributed by atoms with Gasteiger partial charge in [-0.15, -0.1) is 11.3 Å². The molecule has 0 radical (unpaired) electrons. The molecule has 1 saturated heterocycles. The molecule has 1 aromatic heterocycles. The molecular weight excluding hydrogens is 410 g/mol. The highest BCUT2D eigenvalue weighted by Gasteiger charge is 2.38. The predicted molar refractivity (Wildman–Crippen MR) is 121 cm³/mol. The normalized spacial score (nSPS) is 15.5. The summed E-state index contributed by atoms with van der Waals surface area (Å²) in [5.74, 6) is -0.0711. The third-order valence-corrected chi connectivity index (χ3v) is 11.7. The number of thiazole rings is 1. The number of thioether (sulfide) groups is 1. The molecule has 158 valence electrons. The molecule has 2 rings (SSSR count). The van der Waals surface area contributed by atoms with Gasteiger partial charge >= 0.3 is 0 Å². The highest BCUT2D eigenvalue weighted by atomic mass is 32.2. The van der Waals surface area contributed by atoms with E-state index in [1.807, 2.05) is 5.38 Å². The fourth-order valence-corrected chi connectivity index (χ4v) is 5.23. The van der Waals surface area contributed by atoms with Crippen molar-refractivity contribution in [3.8, 4) is 0 Å². The molecular formula is C19H33N3O3S2Si. The van der Waals surface area contributed by atoms with Crippen LogP contribution in [0.4, 0.5) is 5.13 Å². The van der Waals surface area contributed by atoms with Crippen LogP contribution in [0.2, 0.25) is 18.1 Å². The third-order valence-electron chi connectivity index (χ3n) is 5.33. The molecule has 0 N–H and O–H groups in total. The monoisotopic (exact) mass is 443 g/mol. The Kier molecular flexibility index (Phi) is 7.74. The van der Waals surface area contributed by atoms with Gasteiger partial charge in [0, 0.05) is 37.2 Å². The summed E-state index contributed by atoms with van der Waals surface area (Å²) in [7, 11) is -1.92. The summed E-state index contributed by atoms with van der Waals surface area (Å²) in [6.45, 7) is 17.2. The van der Waals surface area contributed by atoms with Crippen LogP contribution in [0.3, 0.4) is 0 Å². The van der Waals surface area contributed by atoms with Crippen LogP contribution in [0.5, 0.6) is 0 Å². The van der Waals surface area contributed by atoms with Gasteiger partial charge in [0.15, 0.2) is 18.6 Å². The molecule has 1 fully saturated rings. The lowest BCUT2D eigenvalue weighted by Gasteiger charge is -2.38. The molecule has 1 aromatic rings. The molecule has 2 heterocycles. The van der Waals surface area contributed by atoms with E-state index in [4.69, 9.17) is 4.43 Å². The minimum atomic E-state index is -1.92. The summed E-state index contributed by atoms with van der Waals surface area (Å²) in [6, 6.07) is 0. The first-order valence-corrected chi connectivity index (χ1v) is 14.4. The Hall–Kier alpha value is -0.903. The summed E-state index contributed by atoms with van der Waals surface area (Å²) < 4.78 is 6.26. The van der Waals surface area contributed by atoms with Gasteiger partial charge in [-0.25, -0.2) is 4.98 Å². The lowest BCUT2D eigenvalue weighted by atomic mass is 10.2. The molecule has 0 atom stereocenters. The van der Waals surface area contributed by atoms with E-state index in [2.05, 4.69) is 50.7 Å². The third kappa shape index (κ3) is 5.81. The number of carbonyl (C=O) groups is 2. The molecule has 0 aliphatic carbocycles. The molecule has 6 nitrogen and oxygen atoms in total. The zero-order valence-electron chi connectivity index (χ0n) is 18.1. The standard InChI is InChI=1S/C19H33N3O3S2Si/c1-8-9-21(13-25-28(6,7)19(3,4)5)17(24)16-12-26-18(20-16)22-10-15(11-22)27-14(2)23/h12,15H,8-11,13H2,1-7H3. The second-order valence-electron chi connectivity index (χ2n) is 8.75. The van der Waals surface area contributed by atoms with Crippen molar-refractivity contribution in [2.75, 3.05) is 31.3 Å². The number of anilines is 1. The number of amides is 1. The second-order valence-corrected chi connectivity index (χ2v) is 15.9. The molecule has 0 unspecified atom stereocenters. The first-order chi connectivity index (χ1) is 12.9. The lowest BCUT2D eigenvalue weighted by molar-refractivity contribution is -0.109. The van der Waals surface area contributed by atoms with Crippen molar-refractivity contribution in [3.63, 3.8) is 0 Å². The Morgan fingerprint density at radius 3 is 2.57 bits per heavy atom. The van der Waals surface area contributed by atoms with Gasteiger partial charge in [-0.3, -0.25) is 9.59 Å². The number of nitrogens with zero attached hydrogens (tertiary/aromatic N) is 3. The van der Waals surface area contributed by atoms with Gasteiger partial charge in [0.2, 0.25) is 0 Å². The Labute approximate surface area is 178 Å².